The molecule has 1 fully saturated rings. The summed E-state index contributed by atoms with van der Waals surface area (Å²) in [5.74, 6) is 0.345. The van der Waals surface area contributed by atoms with Crippen LogP contribution in [0.25, 0.3) is 17.3 Å². The van der Waals surface area contributed by atoms with Crippen molar-refractivity contribution >= 4 is 46.3 Å². The molecule has 1 aliphatic rings. The Hall–Kier alpha value is -3.69. The Kier molecular flexibility index (Phi) is 8.02. The zero-order valence-corrected chi connectivity index (χ0v) is 21.6. The number of thioether (sulfide) groups is 1. The smallest absolute Gasteiger partial charge is 0.329 e. The molecule has 1 aliphatic heterocycles. The van der Waals surface area contributed by atoms with Gasteiger partial charge in [0, 0.05) is 18.2 Å². The summed E-state index contributed by atoms with van der Waals surface area (Å²) < 4.78 is 16.2. The minimum Gasteiger partial charge on any atom is -0.493 e. The first-order chi connectivity index (χ1) is 17.5. The van der Waals surface area contributed by atoms with Crippen LogP contribution in [0.1, 0.15) is 11.1 Å². The first-order valence-electron chi connectivity index (χ1n) is 11.0. The Bertz CT molecular complexity index is 1310. The molecule has 3 aromatic rings. The van der Waals surface area contributed by atoms with E-state index in [0.717, 1.165) is 28.5 Å². The number of hydrogen-bond donors (Lipinski definition) is 0. The molecule has 0 aliphatic carbocycles. The van der Waals surface area contributed by atoms with Crippen LogP contribution < -0.4 is 9.47 Å². The number of benzene rings is 2. The summed E-state index contributed by atoms with van der Waals surface area (Å²) in [6.45, 7) is 0. The van der Waals surface area contributed by atoms with Gasteiger partial charge in [-0.2, -0.15) is 0 Å². The van der Waals surface area contributed by atoms with Crippen molar-refractivity contribution in [3.8, 4) is 22.8 Å². The van der Waals surface area contributed by atoms with E-state index in [2.05, 4.69) is 4.98 Å². The van der Waals surface area contributed by atoms with E-state index in [1.807, 2.05) is 60.7 Å². The highest BCUT2D eigenvalue weighted by molar-refractivity contribution is 8.26. The van der Waals surface area contributed by atoms with Crippen molar-refractivity contribution in [3.63, 3.8) is 0 Å². The van der Waals surface area contributed by atoms with Crippen LogP contribution >= 0.6 is 24.0 Å². The van der Waals surface area contributed by atoms with E-state index in [0.29, 0.717) is 32.8 Å². The third-order valence-corrected chi connectivity index (χ3v) is 6.97. The molecule has 7 nitrogen and oxygen atoms in total. The number of para-hydroxylation sites is 1. The Morgan fingerprint density at radius 1 is 1.06 bits per heavy atom. The fraction of sp³-hybridized carbons (Fsp3) is 0.185. The lowest BCUT2D eigenvalue weighted by Crippen LogP contribution is -2.45. The van der Waals surface area contributed by atoms with Gasteiger partial charge in [0.15, 0.2) is 11.5 Å². The zero-order chi connectivity index (χ0) is 25.7. The first-order valence-corrected chi connectivity index (χ1v) is 12.3. The van der Waals surface area contributed by atoms with E-state index >= 15 is 0 Å². The number of aromatic nitrogens is 1. The summed E-state index contributed by atoms with van der Waals surface area (Å²) in [5, 5.41) is 0. The quantitative estimate of drug-likeness (QED) is 0.239. The average Bonchev–Trinajstić information content (AvgIpc) is 3.19. The molecule has 0 spiro atoms. The predicted molar refractivity (Wildman–Crippen MR) is 144 cm³/mol. The SMILES string of the molecule is COC(=O)[C@H](Cc1ccccc1)N1C(=O)/C(=C/c2ccc(-c3cccc(OC)c3OC)nc2)SC1=S. The fourth-order valence-corrected chi connectivity index (χ4v) is 5.25. The van der Waals surface area contributed by atoms with Gasteiger partial charge in [-0.1, -0.05) is 66.4 Å². The topological polar surface area (TPSA) is 78.0 Å². The second-order valence-electron chi connectivity index (χ2n) is 7.80. The Morgan fingerprint density at radius 2 is 1.83 bits per heavy atom. The molecule has 36 heavy (non-hydrogen) atoms. The third-order valence-electron chi connectivity index (χ3n) is 5.64. The van der Waals surface area contributed by atoms with Gasteiger partial charge in [0.2, 0.25) is 0 Å². The first kappa shape index (κ1) is 25.4. The normalized spacial score (nSPS) is 15.2. The number of pyridine rings is 1. The number of ether oxygens (including phenoxy) is 3. The van der Waals surface area contributed by atoms with E-state index < -0.39 is 12.0 Å². The van der Waals surface area contributed by atoms with Crippen LogP contribution in [-0.2, 0) is 20.7 Å². The lowest BCUT2D eigenvalue weighted by atomic mass is 10.0. The third kappa shape index (κ3) is 5.27. The largest absolute Gasteiger partial charge is 0.493 e. The Balaban J connectivity index is 1.58. The lowest BCUT2D eigenvalue weighted by molar-refractivity contribution is -0.148. The van der Waals surface area contributed by atoms with Crippen molar-refractivity contribution in [2.45, 2.75) is 12.5 Å². The van der Waals surface area contributed by atoms with Crippen molar-refractivity contribution in [3.05, 3.63) is 82.9 Å². The van der Waals surface area contributed by atoms with Crippen LogP contribution in [0.4, 0.5) is 0 Å². The second kappa shape index (κ2) is 11.4. The van der Waals surface area contributed by atoms with Crippen LogP contribution in [0.15, 0.2) is 71.8 Å². The van der Waals surface area contributed by atoms with Gasteiger partial charge in [-0.3, -0.25) is 14.7 Å². The predicted octanol–water partition coefficient (Wildman–Crippen LogP) is 4.75. The number of methoxy groups -OCH3 is 3. The molecule has 9 heteroatoms. The number of rotatable bonds is 8. The lowest BCUT2D eigenvalue weighted by Gasteiger charge is -2.24. The molecule has 1 amide bonds. The van der Waals surface area contributed by atoms with Crippen LogP contribution in [-0.4, -0.2) is 53.5 Å². The average molecular weight is 521 g/mol. The van der Waals surface area contributed by atoms with Crippen molar-refractivity contribution in [2.75, 3.05) is 21.3 Å². The summed E-state index contributed by atoms with van der Waals surface area (Å²) in [6, 6.07) is 17.9. The van der Waals surface area contributed by atoms with Crippen LogP contribution in [0, 0.1) is 0 Å². The van der Waals surface area contributed by atoms with Gasteiger partial charge in [0.05, 0.1) is 31.9 Å². The Morgan fingerprint density at radius 3 is 2.47 bits per heavy atom. The highest BCUT2D eigenvalue weighted by Gasteiger charge is 2.41. The molecule has 1 aromatic heterocycles. The summed E-state index contributed by atoms with van der Waals surface area (Å²) in [4.78, 5) is 32.2. The number of carbonyl (C=O) groups excluding carboxylic acids is 2. The van der Waals surface area contributed by atoms with Crippen LogP contribution in [0.3, 0.4) is 0 Å². The van der Waals surface area contributed by atoms with Crippen molar-refractivity contribution in [2.24, 2.45) is 0 Å². The van der Waals surface area contributed by atoms with Crippen molar-refractivity contribution in [1.82, 2.24) is 9.88 Å². The number of nitrogens with zero attached hydrogens (tertiary/aromatic N) is 2. The second-order valence-corrected chi connectivity index (χ2v) is 9.47. The summed E-state index contributed by atoms with van der Waals surface area (Å²) in [7, 11) is 4.47. The fourth-order valence-electron chi connectivity index (χ4n) is 3.89. The molecule has 0 saturated carbocycles. The van der Waals surface area contributed by atoms with E-state index in [-0.39, 0.29) is 5.91 Å². The van der Waals surface area contributed by atoms with Gasteiger partial charge in [-0.15, -0.1) is 0 Å². The number of carbonyl (C=O) groups is 2. The summed E-state index contributed by atoms with van der Waals surface area (Å²) in [6.07, 6.45) is 3.68. The molecule has 2 aromatic carbocycles. The maximum absolute atomic E-state index is 13.3. The van der Waals surface area contributed by atoms with Crippen molar-refractivity contribution < 1.29 is 23.8 Å². The molecular formula is C27H24N2O5S2. The van der Waals surface area contributed by atoms with E-state index in [4.69, 9.17) is 26.4 Å². The summed E-state index contributed by atoms with van der Waals surface area (Å²) in [5.41, 5.74) is 3.11. The van der Waals surface area contributed by atoms with E-state index in [9.17, 15) is 9.59 Å². The van der Waals surface area contributed by atoms with Gasteiger partial charge < -0.3 is 14.2 Å². The monoisotopic (exact) mass is 520 g/mol. The molecular weight excluding hydrogens is 496 g/mol. The number of amides is 1. The minimum atomic E-state index is -0.850. The minimum absolute atomic E-state index is 0.297. The van der Waals surface area contributed by atoms with E-state index in [1.54, 1.807) is 26.5 Å². The molecule has 184 valence electrons. The molecule has 0 bridgehead atoms. The zero-order valence-electron chi connectivity index (χ0n) is 20.0. The van der Waals surface area contributed by atoms with Gasteiger partial charge >= 0.3 is 5.97 Å². The molecule has 1 atom stereocenters. The Labute approximate surface area is 219 Å². The van der Waals surface area contributed by atoms with Gasteiger partial charge in [-0.05, 0) is 35.4 Å². The molecule has 2 heterocycles. The molecule has 1 saturated heterocycles. The number of esters is 1. The van der Waals surface area contributed by atoms with Crippen molar-refractivity contribution in [1.29, 1.82) is 0 Å². The molecule has 4 rings (SSSR count). The highest BCUT2D eigenvalue weighted by Crippen LogP contribution is 2.38. The number of hydrogen-bond acceptors (Lipinski definition) is 8. The van der Waals surface area contributed by atoms with Gasteiger partial charge in [0.25, 0.3) is 5.91 Å². The van der Waals surface area contributed by atoms with Crippen LogP contribution in [0.2, 0.25) is 0 Å². The molecule has 0 N–H and O–H groups in total. The highest BCUT2D eigenvalue weighted by atomic mass is 32.2. The maximum Gasteiger partial charge on any atom is 0.329 e. The van der Waals surface area contributed by atoms with E-state index in [1.165, 1.54) is 12.0 Å². The van der Waals surface area contributed by atoms with Crippen LogP contribution in [0.5, 0.6) is 11.5 Å². The van der Waals surface area contributed by atoms with Gasteiger partial charge in [0.1, 0.15) is 10.4 Å². The summed E-state index contributed by atoms with van der Waals surface area (Å²) >= 11 is 6.64. The standard InChI is InChI=1S/C27H24N2O5S2/c1-32-22-11-7-10-19(24(22)33-2)20-13-12-18(16-28-20)15-23-25(30)29(27(35)36-23)21(26(31)34-3)14-17-8-5-4-6-9-17/h4-13,15-16,21H,14H2,1-3H3/b23-15-/t21-/m0/s1. The molecule has 0 radical (unpaired) electrons. The van der Waals surface area contributed by atoms with Gasteiger partial charge in [-0.25, -0.2) is 4.79 Å². The maximum atomic E-state index is 13.3. The molecule has 0 unspecified atom stereocenters. The number of thiocarbonyl (C=S) groups is 1.